The third kappa shape index (κ3) is 3.10. The van der Waals surface area contributed by atoms with E-state index in [0.29, 0.717) is 11.5 Å². The molecule has 0 aromatic carbocycles. The molecule has 0 aliphatic heterocycles. The number of anilines is 2. The van der Waals surface area contributed by atoms with Crippen LogP contribution in [0.2, 0.25) is 0 Å². The SMILES string of the molecule is CC(CO)CNc1snc(N)c1S(=O)(=O)N(C)C. The summed E-state index contributed by atoms with van der Waals surface area (Å²) in [7, 11) is -0.744. The summed E-state index contributed by atoms with van der Waals surface area (Å²) < 4.78 is 29.1. The van der Waals surface area contributed by atoms with E-state index < -0.39 is 10.0 Å². The van der Waals surface area contributed by atoms with Crippen LogP contribution in [0.25, 0.3) is 0 Å². The zero-order valence-corrected chi connectivity index (χ0v) is 12.2. The van der Waals surface area contributed by atoms with Crippen LogP contribution in [0.15, 0.2) is 4.90 Å². The van der Waals surface area contributed by atoms with Gasteiger partial charge in [0.05, 0.1) is 0 Å². The Morgan fingerprint density at radius 3 is 2.67 bits per heavy atom. The van der Waals surface area contributed by atoms with Gasteiger partial charge in [-0.1, -0.05) is 6.92 Å². The molecule has 18 heavy (non-hydrogen) atoms. The largest absolute Gasteiger partial charge is 0.396 e. The number of aromatic nitrogens is 1. The van der Waals surface area contributed by atoms with Gasteiger partial charge in [-0.3, -0.25) is 0 Å². The number of hydrogen-bond acceptors (Lipinski definition) is 7. The Morgan fingerprint density at radius 2 is 2.17 bits per heavy atom. The summed E-state index contributed by atoms with van der Waals surface area (Å²) in [6.45, 7) is 2.32. The van der Waals surface area contributed by atoms with Gasteiger partial charge in [-0.05, 0) is 17.5 Å². The second-order valence-electron chi connectivity index (χ2n) is 4.18. The monoisotopic (exact) mass is 294 g/mol. The molecule has 104 valence electrons. The molecule has 0 radical (unpaired) electrons. The first kappa shape index (κ1) is 15.2. The lowest BCUT2D eigenvalue weighted by atomic mass is 10.2. The van der Waals surface area contributed by atoms with Crippen LogP contribution in [0.3, 0.4) is 0 Å². The summed E-state index contributed by atoms with van der Waals surface area (Å²) >= 11 is 0.999. The van der Waals surface area contributed by atoms with E-state index in [0.717, 1.165) is 15.8 Å². The lowest BCUT2D eigenvalue weighted by Gasteiger charge is -2.14. The number of nitrogens with two attached hydrogens (primary N) is 1. The van der Waals surface area contributed by atoms with Crippen LogP contribution < -0.4 is 11.1 Å². The van der Waals surface area contributed by atoms with Crippen molar-refractivity contribution in [3.63, 3.8) is 0 Å². The van der Waals surface area contributed by atoms with Gasteiger partial charge in [0.2, 0.25) is 10.0 Å². The Balaban J connectivity index is 3.03. The van der Waals surface area contributed by atoms with Gasteiger partial charge in [0.15, 0.2) is 10.7 Å². The predicted molar refractivity (Wildman–Crippen MR) is 72.1 cm³/mol. The normalized spacial score (nSPS) is 13.8. The molecule has 0 bridgehead atoms. The minimum Gasteiger partial charge on any atom is -0.396 e. The molecule has 0 aliphatic rings. The lowest BCUT2D eigenvalue weighted by molar-refractivity contribution is 0.244. The molecule has 0 saturated carbocycles. The maximum atomic E-state index is 12.1. The van der Waals surface area contributed by atoms with Crippen LogP contribution in [0.1, 0.15) is 6.92 Å². The van der Waals surface area contributed by atoms with Gasteiger partial charge in [0.25, 0.3) is 0 Å². The summed E-state index contributed by atoms with van der Waals surface area (Å²) in [6.07, 6.45) is 0. The number of aliphatic hydroxyl groups is 1. The van der Waals surface area contributed by atoms with E-state index in [9.17, 15) is 8.42 Å². The first-order valence-corrected chi connectivity index (χ1v) is 7.54. The average molecular weight is 294 g/mol. The number of nitrogen functional groups attached to an aromatic ring is 1. The highest BCUT2D eigenvalue weighted by Crippen LogP contribution is 2.32. The highest BCUT2D eigenvalue weighted by Gasteiger charge is 2.27. The molecule has 0 aliphatic carbocycles. The molecule has 0 amide bonds. The maximum Gasteiger partial charge on any atom is 0.249 e. The van der Waals surface area contributed by atoms with Crippen molar-refractivity contribution < 1.29 is 13.5 Å². The molecule has 1 heterocycles. The van der Waals surface area contributed by atoms with Crippen molar-refractivity contribution in [1.82, 2.24) is 8.68 Å². The smallest absolute Gasteiger partial charge is 0.249 e. The highest BCUT2D eigenvalue weighted by atomic mass is 32.2. The molecule has 0 fully saturated rings. The zero-order valence-electron chi connectivity index (χ0n) is 10.5. The van der Waals surface area contributed by atoms with Gasteiger partial charge in [-0.15, -0.1) is 0 Å². The van der Waals surface area contributed by atoms with E-state index in [1.807, 2.05) is 6.92 Å². The fraction of sp³-hybridized carbons (Fsp3) is 0.667. The summed E-state index contributed by atoms with van der Waals surface area (Å²) in [5.74, 6) is 0.0103. The van der Waals surface area contributed by atoms with Crippen LogP contribution in [-0.2, 0) is 10.0 Å². The van der Waals surface area contributed by atoms with E-state index in [1.54, 1.807) is 0 Å². The fourth-order valence-corrected chi connectivity index (χ4v) is 3.25. The number of hydrogen-bond donors (Lipinski definition) is 3. The van der Waals surface area contributed by atoms with Gasteiger partial charge in [-0.25, -0.2) is 12.7 Å². The zero-order chi connectivity index (χ0) is 13.9. The fourth-order valence-electron chi connectivity index (χ4n) is 1.17. The molecule has 0 saturated heterocycles. The van der Waals surface area contributed by atoms with Crippen LogP contribution in [0.4, 0.5) is 10.8 Å². The third-order valence-corrected chi connectivity index (χ3v) is 5.17. The quantitative estimate of drug-likeness (QED) is 0.682. The molecule has 4 N–H and O–H groups in total. The van der Waals surface area contributed by atoms with Gasteiger partial charge < -0.3 is 16.2 Å². The van der Waals surface area contributed by atoms with E-state index in [-0.39, 0.29) is 23.2 Å². The minimum atomic E-state index is -3.62. The van der Waals surface area contributed by atoms with E-state index in [1.165, 1.54) is 14.1 Å². The van der Waals surface area contributed by atoms with E-state index >= 15 is 0 Å². The van der Waals surface area contributed by atoms with E-state index in [4.69, 9.17) is 10.8 Å². The van der Waals surface area contributed by atoms with Gasteiger partial charge >= 0.3 is 0 Å². The average Bonchev–Trinajstić information content (AvgIpc) is 2.67. The summed E-state index contributed by atoms with van der Waals surface area (Å²) in [4.78, 5) is 0.00244. The number of nitrogens with zero attached hydrogens (tertiary/aromatic N) is 2. The molecular weight excluding hydrogens is 276 g/mol. The Morgan fingerprint density at radius 1 is 1.56 bits per heavy atom. The third-order valence-electron chi connectivity index (χ3n) is 2.34. The first-order valence-electron chi connectivity index (χ1n) is 5.33. The Kier molecular flexibility index (Phi) is 4.91. The maximum absolute atomic E-state index is 12.1. The molecular formula is C9H18N4O3S2. The molecule has 1 unspecified atom stereocenters. The van der Waals surface area contributed by atoms with Crippen molar-refractivity contribution in [3.8, 4) is 0 Å². The summed E-state index contributed by atoms with van der Waals surface area (Å²) in [5, 5.41) is 12.3. The summed E-state index contributed by atoms with van der Waals surface area (Å²) in [6, 6.07) is 0. The van der Waals surface area contributed by atoms with Crippen LogP contribution in [0, 0.1) is 5.92 Å². The molecule has 9 heteroatoms. The predicted octanol–water partition coefficient (Wildman–Crippen LogP) is 0.0159. The summed E-state index contributed by atoms with van der Waals surface area (Å²) in [5.41, 5.74) is 5.61. The first-order chi connectivity index (χ1) is 8.30. The number of aliphatic hydroxyl groups excluding tert-OH is 1. The van der Waals surface area contributed by atoms with Crippen molar-refractivity contribution in [2.24, 2.45) is 5.92 Å². The molecule has 1 atom stereocenters. The highest BCUT2D eigenvalue weighted by molar-refractivity contribution is 7.89. The van der Waals surface area contributed by atoms with Crippen molar-refractivity contribution in [1.29, 1.82) is 0 Å². The van der Waals surface area contributed by atoms with Gasteiger partial charge in [0, 0.05) is 27.2 Å². The molecule has 1 rings (SSSR count). The molecule has 7 nitrogen and oxygen atoms in total. The second kappa shape index (κ2) is 5.83. The molecule has 1 aromatic heterocycles. The number of sulfonamides is 1. The number of rotatable bonds is 6. The van der Waals surface area contributed by atoms with Crippen LogP contribution in [0.5, 0.6) is 0 Å². The van der Waals surface area contributed by atoms with Crippen LogP contribution >= 0.6 is 11.5 Å². The standard InChI is InChI=1S/C9H18N4O3S2/c1-6(5-14)4-11-9-7(8(10)12-17-9)18(15,16)13(2)3/h6,11,14H,4-5H2,1-3H3,(H2,10,12). The van der Waals surface area contributed by atoms with Crippen molar-refractivity contribution in [3.05, 3.63) is 0 Å². The molecule has 0 spiro atoms. The Bertz CT molecular complexity index is 498. The number of nitrogens with one attached hydrogen (secondary N) is 1. The minimum absolute atomic E-state index is 0.00244. The Hall–Kier alpha value is -0.900. The van der Waals surface area contributed by atoms with Crippen molar-refractivity contribution in [2.45, 2.75) is 11.8 Å². The van der Waals surface area contributed by atoms with Crippen molar-refractivity contribution >= 4 is 32.4 Å². The van der Waals surface area contributed by atoms with E-state index in [2.05, 4.69) is 9.69 Å². The van der Waals surface area contributed by atoms with Gasteiger partial charge in [-0.2, -0.15) is 4.37 Å². The molecule has 1 aromatic rings. The van der Waals surface area contributed by atoms with Crippen LogP contribution in [-0.4, -0.2) is 49.5 Å². The lowest BCUT2D eigenvalue weighted by Crippen LogP contribution is -2.24. The van der Waals surface area contributed by atoms with Crippen molar-refractivity contribution in [2.75, 3.05) is 38.3 Å². The van der Waals surface area contributed by atoms with Gasteiger partial charge in [0.1, 0.15) is 5.00 Å². The topological polar surface area (TPSA) is 109 Å². The Labute approximate surface area is 111 Å². The second-order valence-corrected chi connectivity index (χ2v) is 7.04.